The third-order valence-electron chi connectivity index (χ3n) is 5.49. The van der Waals surface area contributed by atoms with E-state index >= 15 is 0 Å². The van der Waals surface area contributed by atoms with Gasteiger partial charge in [-0.2, -0.15) is 5.10 Å². The SMILES string of the molecule is CC1CN(Cc2ccccc2)CC1c1nn2c(-c3ccoc3)ncc2c(=O)[nH]1. The second kappa shape index (κ2) is 6.76. The summed E-state index contributed by atoms with van der Waals surface area (Å²) in [5.74, 6) is 1.89. The lowest BCUT2D eigenvalue weighted by molar-refractivity contribution is 0.318. The average Bonchev–Trinajstić information content (AvgIpc) is 3.42. The number of imidazole rings is 1. The molecule has 0 aliphatic carbocycles. The van der Waals surface area contributed by atoms with E-state index in [1.54, 1.807) is 23.2 Å². The Labute approximate surface area is 161 Å². The molecule has 4 aromatic rings. The number of benzene rings is 1. The molecule has 1 aliphatic heterocycles. The van der Waals surface area contributed by atoms with Crippen molar-refractivity contribution in [1.82, 2.24) is 24.5 Å². The molecule has 0 saturated carbocycles. The Morgan fingerprint density at radius 1 is 1.21 bits per heavy atom. The molecule has 7 nitrogen and oxygen atoms in total. The number of likely N-dealkylation sites (tertiary alicyclic amines) is 1. The summed E-state index contributed by atoms with van der Waals surface area (Å²) in [4.78, 5) is 22.4. The molecule has 1 N–H and O–H groups in total. The minimum atomic E-state index is -0.166. The highest BCUT2D eigenvalue weighted by Gasteiger charge is 2.33. The Bertz CT molecular complexity index is 1150. The molecule has 3 aromatic heterocycles. The van der Waals surface area contributed by atoms with E-state index in [2.05, 4.69) is 46.1 Å². The van der Waals surface area contributed by atoms with Crippen molar-refractivity contribution in [2.75, 3.05) is 13.1 Å². The van der Waals surface area contributed by atoms with Gasteiger partial charge in [-0.25, -0.2) is 9.50 Å². The molecule has 7 heteroatoms. The lowest BCUT2D eigenvalue weighted by Crippen LogP contribution is -2.22. The Hall–Kier alpha value is -3.19. The fourth-order valence-electron chi connectivity index (χ4n) is 4.06. The minimum Gasteiger partial charge on any atom is -0.472 e. The molecule has 1 aliphatic rings. The predicted molar refractivity (Wildman–Crippen MR) is 105 cm³/mol. The molecule has 0 amide bonds. The summed E-state index contributed by atoms with van der Waals surface area (Å²) >= 11 is 0. The van der Waals surface area contributed by atoms with Crippen molar-refractivity contribution >= 4 is 5.52 Å². The number of fused-ring (bicyclic) bond motifs is 1. The van der Waals surface area contributed by atoms with Crippen LogP contribution in [0.15, 0.2) is 64.3 Å². The highest BCUT2D eigenvalue weighted by molar-refractivity contribution is 5.59. The second-order valence-electron chi connectivity index (χ2n) is 7.49. The summed E-state index contributed by atoms with van der Waals surface area (Å²) in [6, 6.07) is 12.3. The molecule has 5 rings (SSSR count). The van der Waals surface area contributed by atoms with Gasteiger partial charge in [0.25, 0.3) is 5.56 Å². The lowest BCUT2D eigenvalue weighted by atomic mass is 9.97. The van der Waals surface area contributed by atoms with E-state index in [1.165, 1.54) is 5.56 Å². The van der Waals surface area contributed by atoms with Crippen molar-refractivity contribution in [2.45, 2.75) is 19.4 Å². The van der Waals surface area contributed by atoms with Gasteiger partial charge < -0.3 is 9.40 Å². The van der Waals surface area contributed by atoms with Crippen LogP contribution in [0.25, 0.3) is 16.9 Å². The number of aromatic amines is 1. The molecule has 2 unspecified atom stereocenters. The molecular weight excluding hydrogens is 354 g/mol. The smallest absolute Gasteiger partial charge is 0.276 e. The summed E-state index contributed by atoms with van der Waals surface area (Å²) in [7, 11) is 0. The molecule has 1 fully saturated rings. The first-order valence-electron chi connectivity index (χ1n) is 9.46. The van der Waals surface area contributed by atoms with Crippen molar-refractivity contribution in [3.8, 4) is 11.4 Å². The molecule has 1 aromatic carbocycles. The molecule has 0 bridgehead atoms. The summed E-state index contributed by atoms with van der Waals surface area (Å²) in [6.45, 7) is 4.95. The zero-order valence-corrected chi connectivity index (χ0v) is 15.6. The first-order valence-corrected chi connectivity index (χ1v) is 9.46. The summed E-state index contributed by atoms with van der Waals surface area (Å²) in [6.07, 6.45) is 4.75. The molecule has 1 saturated heterocycles. The molecule has 28 heavy (non-hydrogen) atoms. The van der Waals surface area contributed by atoms with Crippen molar-refractivity contribution < 1.29 is 4.42 Å². The summed E-state index contributed by atoms with van der Waals surface area (Å²) < 4.78 is 6.79. The molecule has 0 spiro atoms. The number of nitrogens with zero attached hydrogens (tertiary/aromatic N) is 4. The number of furan rings is 1. The monoisotopic (exact) mass is 375 g/mol. The van der Waals surface area contributed by atoms with Gasteiger partial charge in [0.2, 0.25) is 0 Å². The van der Waals surface area contributed by atoms with E-state index in [1.807, 2.05) is 12.1 Å². The van der Waals surface area contributed by atoms with Crippen LogP contribution in [-0.2, 0) is 6.54 Å². The maximum absolute atomic E-state index is 12.6. The second-order valence-corrected chi connectivity index (χ2v) is 7.49. The molecule has 4 heterocycles. The zero-order valence-electron chi connectivity index (χ0n) is 15.6. The van der Waals surface area contributed by atoms with Crippen LogP contribution >= 0.6 is 0 Å². The number of hydrogen-bond acceptors (Lipinski definition) is 5. The van der Waals surface area contributed by atoms with Crippen LogP contribution in [-0.4, -0.2) is 37.6 Å². The van der Waals surface area contributed by atoms with Crippen LogP contribution in [0.3, 0.4) is 0 Å². The fourth-order valence-corrected chi connectivity index (χ4v) is 4.06. The third kappa shape index (κ3) is 2.93. The summed E-state index contributed by atoms with van der Waals surface area (Å²) in [5, 5.41) is 4.76. The van der Waals surface area contributed by atoms with E-state index in [-0.39, 0.29) is 11.5 Å². The number of aromatic nitrogens is 4. The van der Waals surface area contributed by atoms with Crippen molar-refractivity contribution in [2.24, 2.45) is 5.92 Å². The van der Waals surface area contributed by atoms with Gasteiger partial charge in [-0.3, -0.25) is 9.69 Å². The standard InChI is InChI=1S/C21H21N5O2/c1-14-10-25(11-15-5-3-2-4-6-15)12-17(14)19-23-21(27)18-9-22-20(26(18)24-19)16-7-8-28-13-16/h2-9,13-14,17H,10-12H2,1H3,(H,23,24,27). The van der Waals surface area contributed by atoms with Crippen LogP contribution in [0.4, 0.5) is 0 Å². The lowest BCUT2D eigenvalue weighted by Gasteiger charge is -2.15. The molecular formula is C21H21N5O2. The Morgan fingerprint density at radius 2 is 2.07 bits per heavy atom. The van der Waals surface area contributed by atoms with Gasteiger partial charge in [-0.15, -0.1) is 0 Å². The minimum absolute atomic E-state index is 0.166. The first-order chi connectivity index (χ1) is 13.7. The number of H-pyrrole nitrogens is 1. The van der Waals surface area contributed by atoms with Gasteiger partial charge in [0, 0.05) is 25.6 Å². The molecule has 2 atom stereocenters. The van der Waals surface area contributed by atoms with E-state index in [9.17, 15) is 4.79 Å². The molecule has 142 valence electrons. The van der Waals surface area contributed by atoms with Crippen molar-refractivity contribution in [3.05, 3.63) is 76.9 Å². The molecule has 0 radical (unpaired) electrons. The fraction of sp³-hybridized carbons (Fsp3) is 0.286. The van der Waals surface area contributed by atoms with Gasteiger partial charge in [-0.1, -0.05) is 37.3 Å². The topological polar surface area (TPSA) is 79.4 Å². The Morgan fingerprint density at radius 3 is 2.86 bits per heavy atom. The van der Waals surface area contributed by atoms with Crippen LogP contribution in [0.5, 0.6) is 0 Å². The predicted octanol–water partition coefficient (Wildman–Crippen LogP) is 2.91. The van der Waals surface area contributed by atoms with Crippen LogP contribution in [0.1, 0.15) is 24.2 Å². The number of hydrogen-bond donors (Lipinski definition) is 1. The summed E-state index contributed by atoms with van der Waals surface area (Å²) in [5.41, 5.74) is 2.37. The Balaban J connectivity index is 1.47. The van der Waals surface area contributed by atoms with Crippen molar-refractivity contribution in [1.29, 1.82) is 0 Å². The van der Waals surface area contributed by atoms with E-state index in [0.29, 0.717) is 23.1 Å². The van der Waals surface area contributed by atoms with Gasteiger partial charge in [0.05, 0.1) is 18.0 Å². The van der Waals surface area contributed by atoms with E-state index in [4.69, 9.17) is 9.52 Å². The van der Waals surface area contributed by atoms with Crippen LogP contribution in [0, 0.1) is 5.92 Å². The average molecular weight is 375 g/mol. The maximum atomic E-state index is 12.6. The van der Waals surface area contributed by atoms with Gasteiger partial charge in [0.1, 0.15) is 12.1 Å². The van der Waals surface area contributed by atoms with E-state index < -0.39 is 0 Å². The normalized spacial score (nSPS) is 20.2. The van der Waals surface area contributed by atoms with Crippen LogP contribution < -0.4 is 5.56 Å². The third-order valence-corrected chi connectivity index (χ3v) is 5.49. The number of nitrogens with one attached hydrogen (secondary N) is 1. The van der Waals surface area contributed by atoms with Crippen molar-refractivity contribution in [3.63, 3.8) is 0 Å². The zero-order chi connectivity index (χ0) is 19.1. The highest BCUT2D eigenvalue weighted by Crippen LogP contribution is 2.31. The first kappa shape index (κ1) is 16.9. The van der Waals surface area contributed by atoms with Gasteiger partial charge in [0.15, 0.2) is 11.3 Å². The Kier molecular flexibility index (Phi) is 4.09. The van der Waals surface area contributed by atoms with Gasteiger partial charge >= 0.3 is 0 Å². The maximum Gasteiger partial charge on any atom is 0.276 e. The number of rotatable bonds is 4. The van der Waals surface area contributed by atoms with Gasteiger partial charge in [-0.05, 0) is 17.5 Å². The largest absolute Gasteiger partial charge is 0.472 e. The highest BCUT2D eigenvalue weighted by atomic mass is 16.3. The quantitative estimate of drug-likeness (QED) is 0.593. The van der Waals surface area contributed by atoms with E-state index in [0.717, 1.165) is 25.2 Å². The van der Waals surface area contributed by atoms with Crippen LogP contribution in [0.2, 0.25) is 0 Å².